The van der Waals surface area contributed by atoms with Gasteiger partial charge in [0.1, 0.15) is 11.6 Å². The van der Waals surface area contributed by atoms with Gasteiger partial charge in [0.15, 0.2) is 5.78 Å². The van der Waals surface area contributed by atoms with Gasteiger partial charge in [0.2, 0.25) is 0 Å². The van der Waals surface area contributed by atoms with E-state index in [9.17, 15) is 18.0 Å². The molecule has 0 aliphatic carbocycles. The van der Waals surface area contributed by atoms with Crippen molar-refractivity contribution in [2.75, 3.05) is 0 Å². The van der Waals surface area contributed by atoms with Crippen LogP contribution >= 0.6 is 0 Å². The molecule has 0 fully saturated rings. The third-order valence-corrected chi connectivity index (χ3v) is 2.71. The highest BCUT2D eigenvalue weighted by Gasteiger charge is 2.19. The molecule has 104 valence electrons. The Morgan fingerprint density at radius 1 is 1.10 bits per heavy atom. The Balaban J connectivity index is 2.45. The largest absolute Gasteiger partial charge is 0.434 e. The number of alkyl halides is 2. The van der Waals surface area contributed by atoms with Gasteiger partial charge < -0.3 is 4.74 Å². The van der Waals surface area contributed by atoms with E-state index in [1.165, 1.54) is 42.5 Å². The molecule has 2 aromatic carbocycles. The second-order valence-corrected chi connectivity index (χ2v) is 4.19. The number of aryl methyl sites for hydroxylation is 1. The van der Waals surface area contributed by atoms with Gasteiger partial charge in [-0.1, -0.05) is 23.8 Å². The lowest BCUT2D eigenvalue weighted by atomic mass is 10.0. The Morgan fingerprint density at radius 2 is 1.80 bits per heavy atom. The quantitative estimate of drug-likeness (QED) is 0.792. The lowest BCUT2D eigenvalue weighted by molar-refractivity contribution is -0.0501. The molecule has 0 saturated heterocycles. The van der Waals surface area contributed by atoms with Crippen LogP contribution in [0.3, 0.4) is 0 Å². The summed E-state index contributed by atoms with van der Waals surface area (Å²) in [5.41, 5.74) is 0.426. The normalized spacial score (nSPS) is 10.7. The molecule has 0 spiro atoms. The van der Waals surface area contributed by atoms with Crippen LogP contribution in [0.5, 0.6) is 5.75 Å². The fourth-order valence-corrected chi connectivity index (χ4v) is 1.81. The van der Waals surface area contributed by atoms with E-state index in [0.717, 1.165) is 0 Å². The van der Waals surface area contributed by atoms with E-state index in [2.05, 4.69) is 4.74 Å². The molecule has 2 nitrogen and oxygen atoms in total. The zero-order valence-corrected chi connectivity index (χ0v) is 10.6. The number of benzene rings is 2. The summed E-state index contributed by atoms with van der Waals surface area (Å²) < 4.78 is 42.6. The summed E-state index contributed by atoms with van der Waals surface area (Å²) in [4.78, 5) is 12.3. The molecule has 0 aliphatic heterocycles. The summed E-state index contributed by atoms with van der Waals surface area (Å²) in [6, 6.07) is 9.58. The van der Waals surface area contributed by atoms with Gasteiger partial charge in [-0.25, -0.2) is 4.39 Å². The van der Waals surface area contributed by atoms with Crippen molar-refractivity contribution in [2.45, 2.75) is 13.5 Å². The van der Waals surface area contributed by atoms with Crippen LogP contribution in [0.4, 0.5) is 13.2 Å². The van der Waals surface area contributed by atoms with Crippen LogP contribution in [0.15, 0.2) is 42.5 Å². The van der Waals surface area contributed by atoms with Gasteiger partial charge in [-0.05, 0) is 31.2 Å². The fourth-order valence-electron chi connectivity index (χ4n) is 1.81. The molecule has 20 heavy (non-hydrogen) atoms. The molecule has 0 bridgehead atoms. The summed E-state index contributed by atoms with van der Waals surface area (Å²) in [5, 5.41) is 0. The average molecular weight is 280 g/mol. The topological polar surface area (TPSA) is 26.3 Å². The van der Waals surface area contributed by atoms with Crippen LogP contribution < -0.4 is 4.74 Å². The zero-order chi connectivity index (χ0) is 14.7. The number of para-hydroxylation sites is 1. The summed E-state index contributed by atoms with van der Waals surface area (Å²) in [7, 11) is 0. The second-order valence-electron chi connectivity index (χ2n) is 4.19. The summed E-state index contributed by atoms with van der Waals surface area (Å²) in [6.07, 6.45) is 0. The van der Waals surface area contributed by atoms with Crippen molar-refractivity contribution in [3.8, 4) is 5.75 Å². The maximum Gasteiger partial charge on any atom is 0.387 e. The minimum Gasteiger partial charge on any atom is -0.434 e. The third kappa shape index (κ3) is 2.99. The predicted octanol–water partition coefficient (Wildman–Crippen LogP) is 3.97. The van der Waals surface area contributed by atoms with Gasteiger partial charge in [-0.3, -0.25) is 4.79 Å². The zero-order valence-electron chi connectivity index (χ0n) is 10.6. The summed E-state index contributed by atoms with van der Waals surface area (Å²) in [5.74, 6) is -1.66. The van der Waals surface area contributed by atoms with Crippen molar-refractivity contribution in [3.63, 3.8) is 0 Å². The number of hydrogen-bond acceptors (Lipinski definition) is 2. The highest BCUT2D eigenvalue weighted by molar-refractivity contribution is 6.10. The molecule has 2 aromatic rings. The van der Waals surface area contributed by atoms with Crippen LogP contribution in [0.1, 0.15) is 21.5 Å². The van der Waals surface area contributed by atoms with E-state index in [4.69, 9.17) is 0 Å². The molecule has 0 unspecified atom stereocenters. The Bertz CT molecular complexity index is 639. The molecule has 0 radical (unpaired) electrons. The van der Waals surface area contributed by atoms with Crippen molar-refractivity contribution >= 4 is 5.78 Å². The van der Waals surface area contributed by atoms with Gasteiger partial charge in [-0.2, -0.15) is 8.78 Å². The lowest BCUT2D eigenvalue weighted by Crippen LogP contribution is -2.10. The van der Waals surface area contributed by atoms with E-state index in [1.807, 2.05) is 0 Å². The van der Waals surface area contributed by atoms with Crippen LogP contribution in [0.2, 0.25) is 0 Å². The molecule has 0 saturated carbocycles. The molecule has 0 aromatic heterocycles. The molecule has 0 atom stereocenters. The fraction of sp³-hybridized carbons (Fsp3) is 0.133. The van der Waals surface area contributed by atoms with Crippen molar-refractivity contribution in [2.24, 2.45) is 0 Å². The Kier molecular flexibility index (Phi) is 4.08. The van der Waals surface area contributed by atoms with Crippen molar-refractivity contribution in [1.82, 2.24) is 0 Å². The summed E-state index contributed by atoms with van der Waals surface area (Å²) in [6.45, 7) is -1.34. The van der Waals surface area contributed by atoms with E-state index in [-0.39, 0.29) is 16.9 Å². The molecule has 0 heterocycles. The molecule has 5 heteroatoms. The molecule has 0 N–H and O–H groups in total. The number of carbonyl (C=O) groups excluding carboxylic acids is 1. The standard InChI is InChI=1S/C15H11F3O2/c1-9-6-7-12(16)11(8-9)14(19)10-4-2-3-5-13(10)20-15(17)18/h2-8,15H,1H3. The number of carbonyl (C=O) groups is 1. The minimum atomic E-state index is -3.05. The first-order valence-electron chi connectivity index (χ1n) is 5.83. The monoisotopic (exact) mass is 280 g/mol. The van der Waals surface area contributed by atoms with Gasteiger partial charge in [0.05, 0.1) is 11.1 Å². The van der Waals surface area contributed by atoms with E-state index >= 15 is 0 Å². The molecule has 0 aliphatic rings. The van der Waals surface area contributed by atoms with E-state index in [1.54, 1.807) is 6.92 Å². The highest BCUT2D eigenvalue weighted by Crippen LogP contribution is 2.24. The first-order chi connectivity index (χ1) is 9.49. The molecular formula is C15H11F3O2. The van der Waals surface area contributed by atoms with Crippen LogP contribution in [-0.2, 0) is 0 Å². The number of ketones is 1. The number of halogens is 3. The maximum absolute atomic E-state index is 13.7. The van der Waals surface area contributed by atoms with Gasteiger partial charge >= 0.3 is 6.61 Å². The highest BCUT2D eigenvalue weighted by atomic mass is 19.3. The number of rotatable bonds is 4. The lowest BCUT2D eigenvalue weighted by Gasteiger charge is -2.10. The Morgan fingerprint density at radius 3 is 2.50 bits per heavy atom. The predicted molar refractivity (Wildman–Crippen MR) is 67.6 cm³/mol. The number of ether oxygens (including phenoxy) is 1. The van der Waals surface area contributed by atoms with E-state index in [0.29, 0.717) is 5.56 Å². The first-order valence-corrected chi connectivity index (χ1v) is 5.83. The Hall–Kier alpha value is -2.30. The maximum atomic E-state index is 13.7. The van der Waals surface area contributed by atoms with Gasteiger partial charge in [-0.15, -0.1) is 0 Å². The third-order valence-electron chi connectivity index (χ3n) is 2.71. The van der Waals surface area contributed by atoms with E-state index < -0.39 is 18.2 Å². The Labute approximate surface area is 113 Å². The van der Waals surface area contributed by atoms with Gasteiger partial charge in [0.25, 0.3) is 0 Å². The van der Waals surface area contributed by atoms with Crippen LogP contribution in [0, 0.1) is 12.7 Å². The van der Waals surface area contributed by atoms with Gasteiger partial charge in [0, 0.05) is 0 Å². The minimum absolute atomic E-state index is 0.0997. The smallest absolute Gasteiger partial charge is 0.387 e. The first kappa shape index (κ1) is 14.1. The molecular weight excluding hydrogens is 269 g/mol. The average Bonchev–Trinajstić information content (AvgIpc) is 2.41. The molecule has 2 rings (SSSR count). The van der Waals surface area contributed by atoms with Crippen LogP contribution in [0.25, 0.3) is 0 Å². The second kappa shape index (κ2) is 5.77. The number of hydrogen-bond donors (Lipinski definition) is 0. The van der Waals surface area contributed by atoms with Crippen molar-refractivity contribution in [1.29, 1.82) is 0 Å². The van der Waals surface area contributed by atoms with Crippen molar-refractivity contribution in [3.05, 3.63) is 65.0 Å². The molecule has 0 amide bonds. The SMILES string of the molecule is Cc1ccc(F)c(C(=O)c2ccccc2OC(F)F)c1. The van der Waals surface area contributed by atoms with Crippen LogP contribution in [-0.4, -0.2) is 12.4 Å². The van der Waals surface area contributed by atoms with Crippen molar-refractivity contribution < 1.29 is 22.7 Å². The summed E-state index contributed by atoms with van der Waals surface area (Å²) >= 11 is 0.